The van der Waals surface area contributed by atoms with Gasteiger partial charge < -0.3 is 23.7 Å². The Morgan fingerprint density at radius 3 is 1.79 bits per heavy atom. The molecule has 0 amide bonds. The summed E-state index contributed by atoms with van der Waals surface area (Å²) >= 11 is 0. The summed E-state index contributed by atoms with van der Waals surface area (Å²) in [4.78, 5) is 35.3. The third kappa shape index (κ3) is 8.17. The summed E-state index contributed by atoms with van der Waals surface area (Å²) < 4.78 is 25.0. The Kier molecular flexibility index (Phi) is 8.25. The van der Waals surface area contributed by atoms with Gasteiger partial charge in [-0.1, -0.05) is 43.0 Å². The van der Waals surface area contributed by atoms with E-state index in [2.05, 4.69) is 6.58 Å². The SMILES string of the molecule is C=C(C)C(=O)OCC(COC(=O)Oc1ccccc1)OC(=O)Oc1ccccc1. The molecule has 2 aromatic rings. The van der Waals surface area contributed by atoms with Crippen LogP contribution in [0.2, 0.25) is 0 Å². The molecular weight excluding hydrogens is 380 g/mol. The van der Waals surface area contributed by atoms with Crippen LogP contribution in [0.25, 0.3) is 0 Å². The van der Waals surface area contributed by atoms with Crippen LogP contribution in [-0.4, -0.2) is 37.6 Å². The maximum absolute atomic E-state index is 12.0. The van der Waals surface area contributed by atoms with E-state index >= 15 is 0 Å². The average molecular weight is 400 g/mol. The average Bonchev–Trinajstić information content (AvgIpc) is 2.71. The summed E-state index contributed by atoms with van der Waals surface area (Å²) in [5.41, 5.74) is 0.167. The van der Waals surface area contributed by atoms with E-state index in [9.17, 15) is 14.4 Å². The number of ether oxygens (including phenoxy) is 5. The molecule has 29 heavy (non-hydrogen) atoms. The van der Waals surface area contributed by atoms with Gasteiger partial charge in [0, 0.05) is 5.57 Å². The van der Waals surface area contributed by atoms with Gasteiger partial charge in [-0.25, -0.2) is 14.4 Å². The van der Waals surface area contributed by atoms with Gasteiger partial charge in [-0.15, -0.1) is 0 Å². The number of hydrogen-bond donors (Lipinski definition) is 0. The fourth-order valence-electron chi connectivity index (χ4n) is 1.93. The normalized spacial score (nSPS) is 10.9. The van der Waals surface area contributed by atoms with Crippen LogP contribution >= 0.6 is 0 Å². The van der Waals surface area contributed by atoms with Crippen LogP contribution < -0.4 is 9.47 Å². The predicted molar refractivity (Wildman–Crippen MR) is 102 cm³/mol. The molecule has 0 saturated carbocycles. The number of benzene rings is 2. The van der Waals surface area contributed by atoms with E-state index in [0.717, 1.165) is 0 Å². The molecule has 0 radical (unpaired) electrons. The highest BCUT2D eigenvalue weighted by molar-refractivity contribution is 5.86. The molecule has 8 heteroatoms. The molecule has 2 rings (SSSR count). The van der Waals surface area contributed by atoms with Crippen LogP contribution in [-0.2, 0) is 19.0 Å². The number of esters is 1. The molecule has 0 spiro atoms. The van der Waals surface area contributed by atoms with Crippen LogP contribution in [0, 0.1) is 0 Å². The van der Waals surface area contributed by atoms with E-state index in [0.29, 0.717) is 0 Å². The second-order valence-electron chi connectivity index (χ2n) is 5.76. The molecule has 0 fully saturated rings. The van der Waals surface area contributed by atoms with Crippen LogP contribution in [0.3, 0.4) is 0 Å². The van der Waals surface area contributed by atoms with Crippen LogP contribution in [0.5, 0.6) is 11.5 Å². The quantitative estimate of drug-likeness (QED) is 0.285. The summed E-state index contributed by atoms with van der Waals surface area (Å²) in [6, 6.07) is 16.5. The second kappa shape index (κ2) is 11.1. The summed E-state index contributed by atoms with van der Waals surface area (Å²) in [5, 5.41) is 0. The van der Waals surface area contributed by atoms with E-state index in [4.69, 9.17) is 23.7 Å². The van der Waals surface area contributed by atoms with Gasteiger partial charge in [-0.2, -0.15) is 0 Å². The van der Waals surface area contributed by atoms with E-state index in [1.807, 2.05) is 0 Å². The number of carbonyl (C=O) groups excluding carboxylic acids is 3. The van der Waals surface area contributed by atoms with E-state index in [1.165, 1.54) is 6.92 Å². The lowest BCUT2D eigenvalue weighted by molar-refractivity contribution is -0.143. The molecule has 0 bridgehead atoms. The van der Waals surface area contributed by atoms with E-state index in [-0.39, 0.29) is 23.7 Å². The minimum absolute atomic E-state index is 0.167. The van der Waals surface area contributed by atoms with Crippen molar-refractivity contribution in [3.05, 3.63) is 72.8 Å². The fraction of sp³-hybridized carbons (Fsp3) is 0.190. The molecule has 1 atom stereocenters. The van der Waals surface area contributed by atoms with Gasteiger partial charge in [-0.3, -0.25) is 0 Å². The Balaban J connectivity index is 1.90. The lowest BCUT2D eigenvalue weighted by Crippen LogP contribution is -2.32. The Labute approximate surface area is 167 Å². The minimum atomic E-state index is -1.11. The monoisotopic (exact) mass is 400 g/mol. The smallest absolute Gasteiger partial charge is 0.458 e. The van der Waals surface area contributed by atoms with Crippen molar-refractivity contribution in [3.63, 3.8) is 0 Å². The third-order valence-electron chi connectivity index (χ3n) is 3.29. The van der Waals surface area contributed by atoms with Crippen molar-refractivity contribution >= 4 is 18.3 Å². The van der Waals surface area contributed by atoms with Crippen molar-refractivity contribution in [1.82, 2.24) is 0 Å². The lowest BCUT2D eigenvalue weighted by atomic mass is 10.3. The van der Waals surface area contributed by atoms with Crippen molar-refractivity contribution in [2.45, 2.75) is 13.0 Å². The van der Waals surface area contributed by atoms with Crippen molar-refractivity contribution in [3.8, 4) is 11.5 Å². The van der Waals surface area contributed by atoms with Crippen LogP contribution in [0.1, 0.15) is 6.92 Å². The molecule has 0 aliphatic heterocycles. The first-order chi connectivity index (χ1) is 13.9. The summed E-state index contributed by atoms with van der Waals surface area (Å²) in [5.74, 6) is -0.131. The van der Waals surface area contributed by atoms with Crippen molar-refractivity contribution < 1.29 is 38.1 Å². The molecule has 0 heterocycles. The minimum Gasteiger partial charge on any atom is -0.458 e. The number of rotatable bonds is 8. The van der Waals surface area contributed by atoms with Gasteiger partial charge in [0.25, 0.3) is 0 Å². The van der Waals surface area contributed by atoms with Gasteiger partial charge in [0.05, 0.1) is 0 Å². The molecule has 0 N–H and O–H groups in total. The zero-order valence-corrected chi connectivity index (χ0v) is 15.7. The van der Waals surface area contributed by atoms with E-state index < -0.39 is 31.0 Å². The summed E-state index contributed by atoms with van der Waals surface area (Å²) in [6.07, 6.45) is -3.17. The van der Waals surface area contributed by atoms with Gasteiger partial charge in [0.1, 0.15) is 24.7 Å². The Morgan fingerprint density at radius 2 is 1.28 bits per heavy atom. The number of hydrogen-bond acceptors (Lipinski definition) is 8. The molecule has 0 aromatic heterocycles. The molecule has 0 aliphatic rings. The van der Waals surface area contributed by atoms with Crippen molar-refractivity contribution in [2.75, 3.05) is 13.2 Å². The van der Waals surface area contributed by atoms with Gasteiger partial charge >= 0.3 is 18.3 Å². The topological polar surface area (TPSA) is 97.4 Å². The molecule has 2 aromatic carbocycles. The highest BCUT2D eigenvalue weighted by Gasteiger charge is 2.21. The molecule has 0 aliphatic carbocycles. The highest BCUT2D eigenvalue weighted by Crippen LogP contribution is 2.12. The molecule has 152 valence electrons. The number of para-hydroxylation sites is 2. The van der Waals surface area contributed by atoms with Gasteiger partial charge in [0.15, 0.2) is 6.10 Å². The second-order valence-corrected chi connectivity index (χ2v) is 5.76. The summed E-state index contributed by atoms with van der Waals surface area (Å²) in [7, 11) is 0. The molecule has 1 unspecified atom stereocenters. The van der Waals surface area contributed by atoms with Crippen molar-refractivity contribution in [2.24, 2.45) is 0 Å². The fourth-order valence-corrected chi connectivity index (χ4v) is 1.93. The molecule has 0 saturated heterocycles. The standard InChI is InChI=1S/C21H20O8/c1-15(2)19(22)25-13-18(29-21(24)28-17-11-7-4-8-12-17)14-26-20(23)27-16-9-5-3-6-10-16/h3-12,18H,1,13-14H2,2H3. The van der Waals surface area contributed by atoms with E-state index in [1.54, 1.807) is 60.7 Å². The van der Waals surface area contributed by atoms with Gasteiger partial charge in [0.2, 0.25) is 0 Å². The van der Waals surface area contributed by atoms with Gasteiger partial charge in [-0.05, 0) is 31.2 Å². The Bertz CT molecular complexity index is 832. The van der Waals surface area contributed by atoms with Crippen LogP contribution in [0.4, 0.5) is 9.59 Å². The zero-order chi connectivity index (χ0) is 21.1. The molecule has 8 nitrogen and oxygen atoms in total. The first kappa shape index (κ1) is 21.5. The third-order valence-corrected chi connectivity index (χ3v) is 3.29. The number of carbonyl (C=O) groups is 3. The predicted octanol–water partition coefficient (Wildman–Crippen LogP) is 3.91. The Hall–Kier alpha value is -3.81. The van der Waals surface area contributed by atoms with Crippen LogP contribution in [0.15, 0.2) is 72.8 Å². The van der Waals surface area contributed by atoms with Crippen molar-refractivity contribution in [1.29, 1.82) is 0 Å². The maximum atomic E-state index is 12.0. The first-order valence-corrected chi connectivity index (χ1v) is 8.60. The maximum Gasteiger partial charge on any atom is 0.514 e. The largest absolute Gasteiger partial charge is 0.514 e. The molecular formula is C21H20O8. The zero-order valence-electron chi connectivity index (χ0n) is 15.7. The summed E-state index contributed by atoms with van der Waals surface area (Å²) in [6.45, 7) is 4.14. The first-order valence-electron chi connectivity index (χ1n) is 8.60. The lowest BCUT2D eigenvalue weighted by Gasteiger charge is -2.17. The highest BCUT2D eigenvalue weighted by atomic mass is 16.8. The Morgan fingerprint density at radius 1 is 0.793 bits per heavy atom.